The van der Waals surface area contributed by atoms with E-state index >= 15 is 0 Å². The van der Waals surface area contributed by atoms with E-state index in [0.717, 1.165) is 68.9 Å². The van der Waals surface area contributed by atoms with Crippen LogP contribution in [0.4, 0.5) is 5.69 Å². The normalized spacial score (nSPS) is 33.8. The van der Waals surface area contributed by atoms with Gasteiger partial charge in [0.2, 0.25) is 5.91 Å². The number of rotatable bonds is 2. The van der Waals surface area contributed by atoms with Crippen LogP contribution in [0.25, 0.3) is 0 Å². The van der Waals surface area contributed by atoms with Crippen LogP contribution in [-0.2, 0) is 4.79 Å². The first kappa shape index (κ1) is 18.2. The van der Waals surface area contributed by atoms with Crippen molar-refractivity contribution in [3.63, 3.8) is 0 Å². The Bertz CT molecular complexity index is 752. The number of piperazine rings is 1. The van der Waals surface area contributed by atoms with E-state index in [9.17, 15) is 9.90 Å². The quantitative estimate of drug-likeness (QED) is 0.749. The number of benzene rings is 1. The lowest BCUT2D eigenvalue weighted by molar-refractivity contribution is -0.144. The lowest BCUT2D eigenvalue weighted by Crippen LogP contribution is -2.58. The number of para-hydroxylation sites is 2. The topological polar surface area (TPSA) is 55.8 Å². The highest BCUT2D eigenvalue weighted by atomic mass is 32.1. The fourth-order valence-corrected chi connectivity index (χ4v) is 6.85. The molecule has 5 fully saturated rings. The molecule has 4 bridgehead atoms. The first-order chi connectivity index (χ1) is 13.5. The van der Waals surface area contributed by atoms with Crippen LogP contribution in [0.2, 0.25) is 0 Å². The third-order valence-corrected chi connectivity index (χ3v) is 7.89. The summed E-state index contributed by atoms with van der Waals surface area (Å²) in [5, 5.41) is 13.8. The Kier molecular flexibility index (Phi) is 4.49. The number of aromatic hydroxyl groups is 1. The zero-order chi connectivity index (χ0) is 19.3. The molecule has 5 nitrogen and oxygen atoms in total. The molecule has 0 spiro atoms. The number of anilines is 1. The number of nitrogens with one attached hydrogen (secondary N) is 1. The van der Waals surface area contributed by atoms with Gasteiger partial charge in [0.1, 0.15) is 5.75 Å². The number of carbonyl (C=O) groups excluding carboxylic acids is 1. The number of amides is 1. The van der Waals surface area contributed by atoms with E-state index in [1.807, 2.05) is 18.2 Å². The smallest absolute Gasteiger partial charge is 0.232 e. The van der Waals surface area contributed by atoms with Crippen molar-refractivity contribution in [2.75, 3.05) is 31.1 Å². The monoisotopic (exact) mass is 399 g/mol. The van der Waals surface area contributed by atoms with Gasteiger partial charge in [0.05, 0.1) is 11.1 Å². The molecule has 4 saturated carbocycles. The Morgan fingerprint density at radius 1 is 1.00 bits per heavy atom. The van der Waals surface area contributed by atoms with Crippen molar-refractivity contribution in [2.45, 2.75) is 38.5 Å². The summed E-state index contributed by atoms with van der Waals surface area (Å²) in [5.41, 5.74) is 0.710. The van der Waals surface area contributed by atoms with Gasteiger partial charge < -0.3 is 20.2 Å². The summed E-state index contributed by atoms with van der Waals surface area (Å²) in [4.78, 5) is 17.5. The maximum atomic E-state index is 13.2. The molecule has 1 heterocycles. The van der Waals surface area contributed by atoms with E-state index in [1.165, 1.54) is 19.3 Å². The van der Waals surface area contributed by atoms with Crippen molar-refractivity contribution in [3.05, 3.63) is 24.3 Å². The number of phenolic OH excluding ortho intramolecular Hbond substituents is 1. The fourth-order valence-electron chi connectivity index (χ4n) is 6.58. The summed E-state index contributed by atoms with van der Waals surface area (Å²) >= 11 is 5.61. The minimum absolute atomic E-state index is 0.156. The molecular formula is C22H29N3O2S. The summed E-state index contributed by atoms with van der Waals surface area (Å²) < 4.78 is 0. The largest absolute Gasteiger partial charge is 0.506 e. The molecule has 0 aromatic heterocycles. The maximum Gasteiger partial charge on any atom is 0.232 e. The van der Waals surface area contributed by atoms with E-state index in [2.05, 4.69) is 15.1 Å². The first-order valence-electron chi connectivity index (χ1n) is 10.7. The summed E-state index contributed by atoms with van der Waals surface area (Å²) in [6.07, 6.45) is 7.21. The lowest BCUT2D eigenvalue weighted by Gasteiger charge is -2.55. The molecule has 0 unspecified atom stereocenters. The molecule has 1 aromatic carbocycles. The molecule has 6 heteroatoms. The zero-order valence-electron chi connectivity index (χ0n) is 16.3. The van der Waals surface area contributed by atoms with Crippen LogP contribution in [0.3, 0.4) is 0 Å². The van der Waals surface area contributed by atoms with Gasteiger partial charge in [-0.2, -0.15) is 0 Å². The molecule has 5 aliphatic rings. The molecule has 1 aliphatic heterocycles. The summed E-state index contributed by atoms with van der Waals surface area (Å²) in [6, 6.07) is 7.44. The van der Waals surface area contributed by atoms with Gasteiger partial charge in [-0.05, 0) is 80.6 Å². The number of phenols is 1. The lowest BCUT2D eigenvalue weighted by atomic mass is 9.49. The average Bonchev–Trinajstić information content (AvgIpc) is 2.67. The van der Waals surface area contributed by atoms with Crippen molar-refractivity contribution in [1.29, 1.82) is 0 Å². The number of nitrogens with zero attached hydrogens (tertiary/aromatic N) is 2. The average molecular weight is 400 g/mol. The van der Waals surface area contributed by atoms with Gasteiger partial charge in [-0.25, -0.2) is 0 Å². The fraction of sp³-hybridized carbons (Fsp3) is 0.636. The van der Waals surface area contributed by atoms with Crippen molar-refractivity contribution >= 4 is 28.9 Å². The number of thiocarbonyl (C=S) groups is 1. The van der Waals surface area contributed by atoms with Gasteiger partial charge in [0.25, 0.3) is 0 Å². The van der Waals surface area contributed by atoms with Gasteiger partial charge >= 0.3 is 0 Å². The molecule has 4 aliphatic carbocycles. The number of hydrogen-bond acceptors (Lipinski definition) is 4. The second-order valence-electron chi connectivity index (χ2n) is 9.42. The van der Waals surface area contributed by atoms with E-state index < -0.39 is 0 Å². The molecule has 1 saturated heterocycles. The van der Waals surface area contributed by atoms with Crippen molar-refractivity contribution < 1.29 is 9.90 Å². The highest BCUT2D eigenvalue weighted by Crippen LogP contribution is 2.60. The van der Waals surface area contributed by atoms with Gasteiger partial charge in [-0.1, -0.05) is 12.1 Å². The van der Waals surface area contributed by atoms with Gasteiger partial charge in [0.15, 0.2) is 5.11 Å². The molecule has 1 aromatic rings. The van der Waals surface area contributed by atoms with Crippen LogP contribution < -0.4 is 10.2 Å². The standard InChI is InChI=1S/C22H29N3O2S/c26-19-4-2-1-3-18(19)24-5-7-25(8-6-24)21(28)23-20(27)22-12-15-9-16(13-22)11-17(10-15)14-22/h1-4,15-17,26H,5-14H2,(H,23,27,28). The zero-order valence-corrected chi connectivity index (χ0v) is 17.1. The van der Waals surface area contributed by atoms with Crippen molar-refractivity contribution in [3.8, 4) is 5.75 Å². The summed E-state index contributed by atoms with van der Waals surface area (Å²) in [7, 11) is 0. The van der Waals surface area contributed by atoms with Crippen LogP contribution in [0.15, 0.2) is 24.3 Å². The maximum absolute atomic E-state index is 13.2. The minimum atomic E-state index is -0.156. The molecular weight excluding hydrogens is 370 g/mol. The molecule has 1 amide bonds. The van der Waals surface area contributed by atoms with Gasteiger partial charge in [-0.3, -0.25) is 4.79 Å². The Balaban J connectivity index is 1.19. The minimum Gasteiger partial charge on any atom is -0.506 e. The van der Waals surface area contributed by atoms with Crippen LogP contribution in [-0.4, -0.2) is 47.2 Å². The Morgan fingerprint density at radius 3 is 2.14 bits per heavy atom. The SMILES string of the molecule is O=C(NC(=S)N1CCN(c2ccccc2O)CC1)C12CC3CC(CC(C3)C1)C2. The number of carbonyl (C=O) groups is 1. The third kappa shape index (κ3) is 3.15. The highest BCUT2D eigenvalue weighted by molar-refractivity contribution is 7.80. The summed E-state index contributed by atoms with van der Waals surface area (Å²) in [5.74, 6) is 2.77. The van der Waals surface area contributed by atoms with Gasteiger partial charge in [-0.15, -0.1) is 0 Å². The van der Waals surface area contributed by atoms with Crippen molar-refractivity contribution in [1.82, 2.24) is 10.2 Å². The molecule has 2 N–H and O–H groups in total. The van der Waals surface area contributed by atoms with E-state index in [-0.39, 0.29) is 11.3 Å². The Morgan fingerprint density at radius 2 is 1.57 bits per heavy atom. The van der Waals surface area contributed by atoms with Crippen LogP contribution >= 0.6 is 12.2 Å². The molecule has 150 valence electrons. The van der Waals surface area contributed by atoms with Crippen LogP contribution in [0, 0.1) is 23.2 Å². The van der Waals surface area contributed by atoms with Gasteiger partial charge in [0, 0.05) is 26.2 Å². The van der Waals surface area contributed by atoms with Crippen LogP contribution in [0.5, 0.6) is 5.75 Å². The first-order valence-corrected chi connectivity index (χ1v) is 11.1. The molecule has 0 radical (unpaired) electrons. The Hall–Kier alpha value is -1.82. The van der Waals surface area contributed by atoms with E-state index in [1.54, 1.807) is 6.07 Å². The third-order valence-electron chi connectivity index (χ3n) is 7.53. The highest BCUT2D eigenvalue weighted by Gasteiger charge is 2.54. The van der Waals surface area contributed by atoms with Crippen LogP contribution in [0.1, 0.15) is 38.5 Å². The Labute approximate surface area is 172 Å². The van der Waals surface area contributed by atoms with Crippen molar-refractivity contribution in [2.24, 2.45) is 23.2 Å². The van der Waals surface area contributed by atoms with E-state index in [4.69, 9.17) is 12.2 Å². The number of hydrogen-bond donors (Lipinski definition) is 2. The molecule has 0 atom stereocenters. The summed E-state index contributed by atoms with van der Waals surface area (Å²) in [6.45, 7) is 3.08. The predicted octanol–water partition coefficient (Wildman–Crippen LogP) is 3.13. The predicted molar refractivity (Wildman–Crippen MR) is 113 cm³/mol. The van der Waals surface area contributed by atoms with E-state index in [0.29, 0.717) is 10.9 Å². The second kappa shape index (κ2) is 6.90. The second-order valence-corrected chi connectivity index (χ2v) is 9.81. The molecule has 6 rings (SSSR count). The molecule has 28 heavy (non-hydrogen) atoms.